The zero-order valence-corrected chi connectivity index (χ0v) is 11.8. The Bertz CT molecular complexity index is 772. The van der Waals surface area contributed by atoms with Crippen molar-refractivity contribution in [1.29, 1.82) is 5.26 Å². The van der Waals surface area contributed by atoms with Crippen molar-refractivity contribution in [1.82, 2.24) is 0 Å². The molecule has 0 aliphatic rings. The molecule has 116 valence electrons. The van der Waals surface area contributed by atoms with Gasteiger partial charge in [-0.1, -0.05) is 18.2 Å². The Balaban J connectivity index is 2.02. The summed E-state index contributed by atoms with van der Waals surface area (Å²) in [5.74, 6) is -0.444. The molecule has 0 aliphatic carbocycles. The van der Waals surface area contributed by atoms with Gasteiger partial charge >= 0.3 is 6.18 Å². The predicted molar refractivity (Wildman–Crippen MR) is 80.3 cm³/mol. The van der Waals surface area contributed by atoms with Gasteiger partial charge in [0.15, 0.2) is 0 Å². The summed E-state index contributed by atoms with van der Waals surface area (Å²) < 4.78 is 37.3. The normalized spacial score (nSPS) is 11.2. The molecule has 2 aromatic carbocycles. The Morgan fingerprint density at radius 3 is 2.43 bits per heavy atom. The molecule has 2 aromatic rings. The molecule has 0 saturated heterocycles. The Hall–Kier alpha value is -3.07. The largest absolute Gasteiger partial charge is 0.416 e. The van der Waals surface area contributed by atoms with Crippen LogP contribution in [0.15, 0.2) is 54.6 Å². The molecule has 1 amide bonds. The molecular weight excluding hydrogens is 305 g/mol. The highest BCUT2D eigenvalue weighted by Crippen LogP contribution is 2.29. The third kappa shape index (κ3) is 4.71. The van der Waals surface area contributed by atoms with Crippen molar-refractivity contribution in [3.63, 3.8) is 0 Å². The van der Waals surface area contributed by atoms with E-state index >= 15 is 0 Å². The number of benzene rings is 2. The summed E-state index contributed by atoms with van der Waals surface area (Å²) in [6.45, 7) is 0. The van der Waals surface area contributed by atoms with Crippen LogP contribution < -0.4 is 5.32 Å². The maximum Gasteiger partial charge on any atom is 0.416 e. The molecule has 0 saturated carbocycles. The second-order valence-electron chi connectivity index (χ2n) is 4.63. The van der Waals surface area contributed by atoms with Gasteiger partial charge in [0.05, 0.1) is 17.2 Å². The first-order valence-corrected chi connectivity index (χ1v) is 6.55. The van der Waals surface area contributed by atoms with E-state index in [0.717, 1.165) is 12.1 Å². The summed E-state index contributed by atoms with van der Waals surface area (Å²) in [4.78, 5) is 11.8. The number of nitrogens with zero attached hydrogens (tertiary/aromatic N) is 1. The average molecular weight is 316 g/mol. The molecule has 0 atom stereocenters. The van der Waals surface area contributed by atoms with Gasteiger partial charge in [-0.15, -0.1) is 0 Å². The quantitative estimate of drug-likeness (QED) is 0.862. The monoisotopic (exact) mass is 316 g/mol. The highest BCUT2D eigenvalue weighted by atomic mass is 19.4. The van der Waals surface area contributed by atoms with Crippen LogP contribution in [0.2, 0.25) is 0 Å². The standard InChI is InChI=1S/C17H11F3N2O/c18-17(19,20)14-7-4-12(5-8-14)6-9-16(23)22-15-3-1-2-13(10-15)11-21/h1-10H,(H,22,23)/b9-6+. The molecule has 1 N–H and O–H groups in total. The van der Waals surface area contributed by atoms with Crippen molar-refractivity contribution in [2.24, 2.45) is 0 Å². The van der Waals surface area contributed by atoms with Crippen LogP contribution in [0.25, 0.3) is 6.08 Å². The summed E-state index contributed by atoms with van der Waals surface area (Å²) >= 11 is 0. The van der Waals surface area contributed by atoms with E-state index in [-0.39, 0.29) is 0 Å². The number of alkyl halides is 3. The van der Waals surface area contributed by atoms with Crippen molar-refractivity contribution in [3.8, 4) is 6.07 Å². The molecule has 23 heavy (non-hydrogen) atoms. The van der Waals surface area contributed by atoms with E-state index in [0.29, 0.717) is 16.8 Å². The second kappa shape index (κ2) is 6.79. The van der Waals surface area contributed by atoms with Gasteiger partial charge in [-0.05, 0) is 42.0 Å². The van der Waals surface area contributed by atoms with Crippen LogP contribution in [0.5, 0.6) is 0 Å². The van der Waals surface area contributed by atoms with Gasteiger partial charge in [0.25, 0.3) is 0 Å². The van der Waals surface area contributed by atoms with E-state index in [1.807, 2.05) is 6.07 Å². The summed E-state index contributed by atoms with van der Waals surface area (Å²) in [6, 6.07) is 12.8. The molecule has 0 heterocycles. The summed E-state index contributed by atoms with van der Waals surface area (Å²) in [5, 5.41) is 11.3. The van der Waals surface area contributed by atoms with Crippen molar-refractivity contribution < 1.29 is 18.0 Å². The number of rotatable bonds is 3. The van der Waals surface area contributed by atoms with Crippen LogP contribution in [0, 0.1) is 11.3 Å². The van der Waals surface area contributed by atoms with Crippen LogP contribution in [0.1, 0.15) is 16.7 Å². The SMILES string of the molecule is N#Cc1cccc(NC(=O)/C=C/c2ccc(C(F)(F)F)cc2)c1. The minimum atomic E-state index is -4.38. The third-order valence-corrected chi connectivity index (χ3v) is 2.92. The van der Waals surface area contributed by atoms with Crippen molar-refractivity contribution >= 4 is 17.7 Å². The summed E-state index contributed by atoms with van der Waals surface area (Å²) in [7, 11) is 0. The highest BCUT2D eigenvalue weighted by Gasteiger charge is 2.29. The van der Waals surface area contributed by atoms with Crippen LogP contribution >= 0.6 is 0 Å². The van der Waals surface area contributed by atoms with E-state index in [2.05, 4.69) is 5.32 Å². The molecular formula is C17H11F3N2O. The number of carbonyl (C=O) groups is 1. The molecule has 3 nitrogen and oxygen atoms in total. The van der Waals surface area contributed by atoms with Gasteiger partial charge in [-0.2, -0.15) is 18.4 Å². The van der Waals surface area contributed by atoms with Gasteiger partial charge in [0.1, 0.15) is 0 Å². The van der Waals surface area contributed by atoms with Crippen molar-refractivity contribution in [2.75, 3.05) is 5.32 Å². The topological polar surface area (TPSA) is 52.9 Å². The van der Waals surface area contributed by atoms with E-state index in [1.165, 1.54) is 30.4 Å². The zero-order chi connectivity index (χ0) is 16.9. The maximum absolute atomic E-state index is 12.4. The molecule has 2 rings (SSSR count). The lowest BCUT2D eigenvalue weighted by Gasteiger charge is -2.06. The van der Waals surface area contributed by atoms with Gasteiger partial charge in [0.2, 0.25) is 5.91 Å². The predicted octanol–water partition coefficient (Wildman–Crippen LogP) is 4.23. The van der Waals surface area contributed by atoms with Gasteiger partial charge in [0, 0.05) is 11.8 Å². The summed E-state index contributed by atoms with van der Waals surface area (Å²) in [5.41, 5.74) is 0.604. The minimum absolute atomic E-state index is 0.412. The smallest absolute Gasteiger partial charge is 0.322 e. The molecule has 0 bridgehead atoms. The first-order valence-electron chi connectivity index (χ1n) is 6.55. The van der Waals surface area contributed by atoms with Crippen molar-refractivity contribution in [3.05, 3.63) is 71.3 Å². The third-order valence-electron chi connectivity index (χ3n) is 2.92. The van der Waals surface area contributed by atoms with Crippen molar-refractivity contribution in [2.45, 2.75) is 6.18 Å². The number of carbonyl (C=O) groups excluding carboxylic acids is 1. The Kier molecular flexibility index (Phi) is 4.82. The van der Waals surface area contributed by atoms with E-state index < -0.39 is 17.6 Å². The van der Waals surface area contributed by atoms with Crippen LogP contribution in [0.4, 0.5) is 18.9 Å². The Labute approximate surface area is 130 Å². The number of amides is 1. The van der Waals surface area contributed by atoms with Crippen LogP contribution in [-0.4, -0.2) is 5.91 Å². The molecule has 6 heteroatoms. The van der Waals surface area contributed by atoms with E-state index in [1.54, 1.807) is 18.2 Å². The lowest BCUT2D eigenvalue weighted by atomic mass is 10.1. The first kappa shape index (κ1) is 16.3. The minimum Gasteiger partial charge on any atom is -0.322 e. The van der Waals surface area contributed by atoms with Gasteiger partial charge in [-0.25, -0.2) is 0 Å². The number of hydrogen-bond acceptors (Lipinski definition) is 2. The number of hydrogen-bond donors (Lipinski definition) is 1. The fraction of sp³-hybridized carbons (Fsp3) is 0.0588. The van der Waals surface area contributed by atoms with Gasteiger partial charge < -0.3 is 5.32 Å². The molecule has 0 fully saturated rings. The second-order valence-corrected chi connectivity index (χ2v) is 4.63. The Morgan fingerprint density at radius 2 is 1.83 bits per heavy atom. The maximum atomic E-state index is 12.4. The number of nitrogens with one attached hydrogen (secondary N) is 1. The fourth-order valence-electron chi connectivity index (χ4n) is 1.81. The van der Waals surface area contributed by atoms with Crippen LogP contribution in [-0.2, 0) is 11.0 Å². The molecule has 0 radical (unpaired) electrons. The average Bonchev–Trinajstić information content (AvgIpc) is 2.52. The zero-order valence-electron chi connectivity index (χ0n) is 11.8. The lowest BCUT2D eigenvalue weighted by Crippen LogP contribution is -2.07. The number of halogens is 3. The molecule has 0 unspecified atom stereocenters. The van der Waals surface area contributed by atoms with E-state index in [9.17, 15) is 18.0 Å². The molecule has 0 spiro atoms. The molecule has 0 aromatic heterocycles. The lowest BCUT2D eigenvalue weighted by molar-refractivity contribution is -0.137. The Morgan fingerprint density at radius 1 is 1.13 bits per heavy atom. The number of nitriles is 1. The van der Waals surface area contributed by atoms with Crippen LogP contribution in [0.3, 0.4) is 0 Å². The fourth-order valence-corrected chi connectivity index (χ4v) is 1.81. The van der Waals surface area contributed by atoms with Gasteiger partial charge in [-0.3, -0.25) is 4.79 Å². The molecule has 0 aliphatic heterocycles. The van der Waals surface area contributed by atoms with E-state index in [4.69, 9.17) is 5.26 Å². The highest BCUT2D eigenvalue weighted by molar-refractivity contribution is 6.02. The summed E-state index contributed by atoms with van der Waals surface area (Å²) in [6.07, 6.45) is -1.77. The first-order chi connectivity index (χ1) is 10.9. The number of anilines is 1.